The Morgan fingerprint density at radius 3 is 2.73 bits per heavy atom. The standard InChI is InChI=1S/C11H17N3O/c15-8-11(5-2-1-3-6-11)14-10-4-7-12-9-13-10/h4,7,9,15H,1-3,5-6,8H2,(H,12,13,14). The van der Waals surface area contributed by atoms with Crippen LogP contribution in [0, 0.1) is 0 Å². The van der Waals surface area contributed by atoms with E-state index in [4.69, 9.17) is 0 Å². The minimum atomic E-state index is -0.160. The number of anilines is 1. The molecule has 1 saturated carbocycles. The van der Waals surface area contributed by atoms with Gasteiger partial charge < -0.3 is 10.4 Å². The average Bonchev–Trinajstić information content (AvgIpc) is 2.32. The molecule has 0 spiro atoms. The van der Waals surface area contributed by atoms with Crippen LogP contribution in [-0.2, 0) is 0 Å². The molecule has 0 saturated heterocycles. The molecule has 0 unspecified atom stereocenters. The predicted octanol–water partition coefficient (Wildman–Crippen LogP) is 1.58. The molecule has 0 aliphatic heterocycles. The molecule has 0 atom stereocenters. The van der Waals surface area contributed by atoms with Gasteiger partial charge in [-0.1, -0.05) is 19.3 Å². The summed E-state index contributed by atoms with van der Waals surface area (Å²) in [5.74, 6) is 0.806. The van der Waals surface area contributed by atoms with Gasteiger partial charge in [-0.25, -0.2) is 9.97 Å². The Kier molecular flexibility index (Phi) is 3.16. The molecule has 1 aliphatic rings. The van der Waals surface area contributed by atoms with Crippen LogP contribution in [0.3, 0.4) is 0 Å². The van der Waals surface area contributed by atoms with Gasteiger partial charge in [-0.15, -0.1) is 0 Å². The molecular weight excluding hydrogens is 190 g/mol. The Hall–Kier alpha value is -1.16. The number of hydrogen-bond acceptors (Lipinski definition) is 4. The summed E-state index contributed by atoms with van der Waals surface area (Å²) in [7, 11) is 0. The summed E-state index contributed by atoms with van der Waals surface area (Å²) in [6, 6.07) is 1.84. The molecule has 82 valence electrons. The Morgan fingerprint density at radius 1 is 1.33 bits per heavy atom. The third kappa shape index (κ3) is 2.45. The lowest BCUT2D eigenvalue weighted by Crippen LogP contribution is -2.44. The van der Waals surface area contributed by atoms with E-state index < -0.39 is 0 Å². The van der Waals surface area contributed by atoms with E-state index in [-0.39, 0.29) is 12.1 Å². The van der Waals surface area contributed by atoms with Gasteiger partial charge in [0.25, 0.3) is 0 Å². The van der Waals surface area contributed by atoms with Crippen LogP contribution in [0.5, 0.6) is 0 Å². The molecule has 1 aromatic heterocycles. The second kappa shape index (κ2) is 4.57. The normalized spacial score (nSPS) is 19.8. The van der Waals surface area contributed by atoms with Crippen molar-refractivity contribution in [1.82, 2.24) is 9.97 Å². The number of nitrogens with one attached hydrogen (secondary N) is 1. The Balaban J connectivity index is 2.07. The van der Waals surface area contributed by atoms with Gasteiger partial charge >= 0.3 is 0 Å². The van der Waals surface area contributed by atoms with Crippen molar-refractivity contribution in [2.45, 2.75) is 37.6 Å². The second-order valence-corrected chi connectivity index (χ2v) is 4.22. The molecule has 0 bridgehead atoms. The first-order valence-corrected chi connectivity index (χ1v) is 5.50. The van der Waals surface area contributed by atoms with Crippen LogP contribution in [-0.4, -0.2) is 27.2 Å². The Labute approximate surface area is 89.8 Å². The molecule has 4 heteroatoms. The van der Waals surface area contributed by atoms with Crippen molar-refractivity contribution in [3.63, 3.8) is 0 Å². The highest BCUT2D eigenvalue weighted by molar-refractivity contribution is 5.36. The predicted molar refractivity (Wildman–Crippen MR) is 58.6 cm³/mol. The summed E-state index contributed by atoms with van der Waals surface area (Å²) in [6.07, 6.45) is 8.91. The summed E-state index contributed by atoms with van der Waals surface area (Å²) in [4.78, 5) is 8.01. The molecule has 2 N–H and O–H groups in total. The zero-order valence-corrected chi connectivity index (χ0v) is 8.82. The van der Waals surface area contributed by atoms with Crippen molar-refractivity contribution in [3.8, 4) is 0 Å². The molecule has 1 aliphatic carbocycles. The maximum absolute atomic E-state index is 9.50. The second-order valence-electron chi connectivity index (χ2n) is 4.22. The lowest BCUT2D eigenvalue weighted by atomic mass is 9.82. The van der Waals surface area contributed by atoms with Crippen LogP contribution in [0.2, 0.25) is 0 Å². The molecule has 0 aromatic carbocycles. The fourth-order valence-electron chi connectivity index (χ4n) is 2.19. The highest BCUT2D eigenvalue weighted by Gasteiger charge is 2.31. The van der Waals surface area contributed by atoms with Crippen molar-refractivity contribution >= 4 is 5.82 Å². The van der Waals surface area contributed by atoms with Gasteiger partial charge in [-0.3, -0.25) is 0 Å². The fourth-order valence-corrected chi connectivity index (χ4v) is 2.19. The van der Waals surface area contributed by atoms with Gasteiger partial charge in [0.2, 0.25) is 0 Å². The van der Waals surface area contributed by atoms with Crippen LogP contribution in [0.15, 0.2) is 18.6 Å². The summed E-state index contributed by atoms with van der Waals surface area (Å²) in [5, 5.41) is 12.8. The van der Waals surface area contributed by atoms with E-state index in [2.05, 4.69) is 15.3 Å². The average molecular weight is 207 g/mol. The van der Waals surface area contributed by atoms with Gasteiger partial charge in [0, 0.05) is 6.20 Å². The van der Waals surface area contributed by atoms with Gasteiger partial charge in [-0.05, 0) is 18.9 Å². The van der Waals surface area contributed by atoms with Crippen molar-refractivity contribution in [2.24, 2.45) is 0 Å². The zero-order valence-electron chi connectivity index (χ0n) is 8.82. The summed E-state index contributed by atoms with van der Waals surface area (Å²) in [6.45, 7) is 0.178. The number of aromatic nitrogens is 2. The lowest BCUT2D eigenvalue weighted by molar-refractivity contribution is 0.172. The van der Waals surface area contributed by atoms with Crippen LogP contribution in [0.4, 0.5) is 5.82 Å². The van der Waals surface area contributed by atoms with Crippen molar-refractivity contribution < 1.29 is 5.11 Å². The maximum atomic E-state index is 9.50. The third-order valence-electron chi connectivity index (χ3n) is 3.09. The first kappa shape index (κ1) is 10.4. The molecule has 1 aromatic rings. The molecular formula is C11H17N3O. The summed E-state index contributed by atoms with van der Waals surface area (Å²) in [5.41, 5.74) is -0.160. The minimum Gasteiger partial charge on any atom is -0.394 e. The maximum Gasteiger partial charge on any atom is 0.129 e. The Bertz CT molecular complexity index is 296. The van der Waals surface area contributed by atoms with Gasteiger partial charge in [-0.2, -0.15) is 0 Å². The Morgan fingerprint density at radius 2 is 2.13 bits per heavy atom. The van der Waals surface area contributed by atoms with Crippen LogP contribution < -0.4 is 5.32 Å². The van der Waals surface area contributed by atoms with E-state index in [9.17, 15) is 5.11 Å². The van der Waals surface area contributed by atoms with E-state index in [1.54, 1.807) is 6.20 Å². The molecule has 2 rings (SSSR count). The minimum absolute atomic E-state index is 0.160. The molecule has 1 fully saturated rings. The van der Waals surface area contributed by atoms with Gasteiger partial charge in [0.05, 0.1) is 12.1 Å². The van der Waals surface area contributed by atoms with E-state index >= 15 is 0 Å². The highest BCUT2D eigenvalue weighted by Crippen LogP contribution is 2.30. The van der Waals surface area contributed by atoms with Crippen molar-refractivity contribution in [2.75, 3.05) is 11.9 Å². The summed E-state index contributed by atoms with van der Waals surface area (Å²) >= 11 is 0. The monoisotopic (exact) mass is 207 g/mol. The number of aliphatic hydroxyl groups is 1. The molecule has 0 radical (unpaired) electrons. The van der Waals surface area contributed by atoms with Gasteiger partial charge in [0.15, 0.2) is 0 Å². The van der Waals surface area contributed by atoms with E-state index in [0.717, 1.165) is 18.7 Å². The number of hydrogen-bond donors (Lipinski definition) is 2. The summed E-state index contributed by atoms with van der Waals surface area (Å²) < 4.78 is 0. The number of aliphatic hydroxyl groups excluding tert-OH is 1. The van der Waals surface area contributed by atoms with Crippen molar-refractivity contribution in [1.29, 1.82) is 0 Å². The lowest BCUT2D eigenvalue weighted by Gasteiger charge is -2.36. The molecule has 15 heavy (non-hydrogen) atoms. The number of nitrogens with zero attached hydrogens (tertiary/aromatic N) is 2. The first-order valence-electron chi connectivity index (χ1n) is 5.50. The van der Waals surface area contributed by atoms with E-state index in [1.165, 1.54) is 25.6 Å². The molecule has 1 heterocycles. The third-order valence-corrected chi connectivity index (χ3v) is 3.09. The SMILES string of the molecule is OCC1(Nc2ccncn2)CCCCC1. The van der Waals surface area contributed by atoms with E-state index in [1.807, 2.05) is 6.07 Å². The smallest absolute Gasteiger partial charge is 0.129 e. The van der Waals surface area contributed by atoms with Crippen LogP contribution in [0.25, 0.3) is 0 Å². The topological polar surface area (TPSA) is 58.0 Å². The zero-order chi connectivity index (χ0) is 10.6. The van der Waals surface area contributed by atoms with Crippen molar-refractivity contribution in [3.05, 3.63) is 18.6 Å². The fraction of sp³-hybridized carbons (Fsp3) is 0.636. The van der Waals surface area contributed by atoms with Gasteiger partial charge in [0.1, 0.15) is 12.1 Å². The highest BCUT2D eigenvalue weighted by atomic mass is 16.3. The quantitative estimate of drug-likeness (QED) is 0.790. The largest absolute Gasteiger partial charge is 0.394 e. The number of rotatable bonds is 3. The first-order chi connectivity index (χ1) is 7.35. The molecule has 4 nitrogen and oxygen atoms in total. The van der Waals surface area contributed by atoms with E-state index in [0.29, 0.717) is 0 Å². The van der Waals surface area contributed by atoms with Crippen LogP contribution in [0.1, 0.15) is 32.1 Å². The molecule has 0 amide bonds. The van der Waals surface area contributed by atoms with Crippen LogP contribution >= 0.6 is 0 Å².